The van der Waals surface area contributed by atoms with E-state index in [1.54, 1.807) is 12.3 Å². The van der Waals surface area contributed by atoms with Crippen LogP contribution in [0.4, 0.5) is 20.2 Å². The van der Waals surface area contributed by atoms with Gasteiger partial charge in [0.25, 0.3) is 10.0 Å². The molecule has 0 unspecified atom stereocenters. The van der Waals surface area contributed by atoms with E-state index < -0.39 is 38.9 Å². The number of thiophene rings is 1. The number of rotatable bonds is 4. The van der Waals surface area contributed by atoms with Crippen LogP contribution in [-0.4, -0.2) is 14.3 Å². The molecule has 0 spiro atoms. The third-order valence-corrected chi connectivity index (χ3v) is 6.48. The van der Waals surface area contributed by atoms with Crippen molar-refractivity contribution in [3.63, 3.8) is 0 Å². The van der Waals surface area contributed by atoms with E-state index in [-0.39, 0.29) is 9.23 Å². The zero-order valence-electron chi connectivity index (χ0n) is 11.9. The fraction of sp³-hybridized carbons (Fsp3) is 0.154. The predicted molar refractivity (Wildman–Crippen MR) is 85.5 cm³/mol. The minimum absolute atomic E-state index is 0.0344. The van der Waals surface area contributed by atoms with Gasteiger partial charge in [0.05, 0.1) is 10.7 Å². The molecule has 0 atom stereocenters. The second-order valence-electron chi connectivity index (χ2n) is 4.59. The highest BCUT2D eigenvalue weighted by Gasteiger charge is 2.24. The largest absolute Gasteiger partial charge is 0.321 e. The summed E-state index contributed by atoms with van der Waals surface area (Å²) in [6, 6.07) is 1.76. The van der Waals surface area contributed by atoms with E-state index in [0.29, 0.717) is 5.56 Å². The van der Waals surface area contributed by atoms with Crippen molar-refractivity contribution in [3.8, 4) is 0 Å². The van der Waals surface area contributed by atoms with Crippen LogP contribution in [0.25, 0.3) is 0 Å². The molecule has 0 fully saturated rings. The third kappa shape index (κ3) is 3.62. The first kappa shape index (κ1) is 17.6. The molecule has 0 aliphatic heterocycles. The van der Waals surface area contributed by atoms with Crippen molar-refractivity contribution in [3.05, 3.63) is 39.7 Å². The van der Waals surface area contributed by atoms with Crippen LogP contribution in [0.1, 0.15) is 12.5 Å². The predicted octanol–water partition coefficient (Wildman–Crippen LogP) is 3.75. The summed E-state index contributed by atoms with van der Waals surface area (Å²) in [7, 11) is -4.14. The molecular weight excluding hydrogens is 370 g/mol. The zero-order valence-corrected chi connectivity index (χ0v) is 14.3. The van der Waals surface area contributed by atoms with Gasteiger partial charge < -0.3 is 5.32 Å². The topological polar surface area (TPSA) is 75.3 Å². The molecule has 0 saturated carbocycles. The summed E-state index contributed by atoms with van der Waals surface area (Å²) in [4.78, 5) is 11.0. The number of aryl methyl sites for hydroxylation is 1. The number of halogens is 3. The number of benzene rings is 1. The number of hydrogen-bond acceptors (Lipinski definition) is 4. The molecule has 1 heterocycles. The summed E-state index contributed by atoms with van der Waals surface area (Å²) in [6.45, 7) is 2.70. The number of anilines is 2. The molecule has 0 saturated heterocycles. The van der Waals surface area contributed by atoms with Crippen LogP contribution in [0.5, 0.6) is 0 Å². The Labute approximate surface area is 140 Å². The molecule has 2 rings (SSSR count). The second-order valence-corrected chi connectivity index (χ2v) is 7.73. The van der Waals surface area contributed by atoms with E-state index in [1.165, 1.54) is 0 Å². The minimum Gasteiger partial charge on any atom is -0.321 e. The maximum atomic E-state index is 14.2. The number of hydrogen-bond donors (Lipinski definition) is 2. The Kier molecular flexibility index (Phi) is 4.92. The molecule has 1 amide bonds. The highest BCUT2D eigenvalue weighted by atomic mass is 35.5. The average molecular weight is 381 g/mol. The Morgan fingerprint density at radius 3 is 2.48 bits per heavy atom. The van der Waals surface area contributed by atoms with Crippen LogP contribution in [0, 0.1) is 18.6 Å². The molecular formula is C13H11ClF2N2O3S2. The monoisotopic (exact) mass is 380 g/mol. The van der Waals surface area contributed by atoms with Crippen molar-refractivity contribution in [1.82, 2.24) is 0 Å². The molecule has 2 aromatic rings. The number of nitrogens with one attached hydrogen (secondary N) is 2. The first-order valence-corrected chi connectivity index (χ1v) is 8.89. The van der Waals surface area contributed by atoms with Crippen LogP contribution in [-0.2, 0) is 14.8 Å². The minimum atomic E-state index is -4.14. The van der Waals surface area contributed by atoms with E-state index in [0.717, 1.165) is 30.4 Å². The lowest BCUT2D eigenvalue weighted by atomic mass is 10.2. The first-order valence-electron chi connectivity index (χ1n) is 6.15. The molecule has 23 heavy (non-hydrogen) atoms. The van der Waals surface area contributed by atoms with Crippen molar-refractivity contribution in [2.24, 2.45) is 0 Å². The highest BCUT2D eigenvalue weighted by Crippen LogP contribution is 2.34. The van der Waals surface area contributed by atoms with E-state index >= 15 is 0 Å². The summed E-state index contributed by atoms with van der Waals surface area (Å²) < 4.78 is 54.2. The van der Waals surface area contributed by atoms with Crippen LogP contribution in [0.2, 0.25) is 5.02 Å². The molecule has 1 aromatic carbocycles. The molecule has 0 radical (unpaired) electrons. The van der Waals surface area contributed by atoms with Gasteiger partial charge in [0, 0.05) is 6.92 Å². The molecule has 124 valence electrons. The van der Waals surface area contributed by atoms with Gasteiger partial charge in [-0.05, 0) is 30.0 Å². The molecule has 0 bridgehead atoms. The van der Waals surface area contributed by atoms with E-state index in [2.05, 4.69) is 0 Å². The van der Waals surface area contributed by atoms with Gasteiger partial charge in [-0.15, -0.1) is 11.3 Å². The Bertz CT molecular complexity index is 882. The van der Waals surface area contributed by atoms with Gasteiger partial charge in [-0.2, -0.15) is 0 Å². The summed E-state index contributed by atoms with van der Waals surface area (Å²) >= 11 is 6.78. The lowest BCUT2D eigenvalue weighted by Crippen LogP contribution is -2.15. The summed E-state index contributed by atoms with van der Waals surface area (Å²) in [5.41, 5.74) is -0.668. The number of sulfonamides is 1. The van der Waals surface area contributed by atoms with E-state index in [4.69, 9.17) is 11.6 Å². The maximum Gasteiger partial charge on any atom is 0.273 e. The fourth-order valence-electron chi connectivity index (χ4n) is 1.70. The molecule has 0 aliphatic carbocycles. The smallest absolute Gasteiger partial charge is 0.273 e. The Balaban J connectivity index is 2.44. The quantitative estimate of drug-likeness (QED) is 0.848. The average Bonchev–Trinajstić information content (AvgIpc) is 2.78. The Morgan fingerprint density at radius 2 is 1.96 bits per heavy atom. The normalized spacial score (nSPS) is 11.3. The lowest BCUT2D eigenvalue weighted by Gasteiger charge is -2.12. The molecule has 0 aliphatic rings. The van der Waals surface area contributed by atoms with Crippen LogP contribution in [0.15, 0.2) is 21.7 Å². The van der Waals surface area contributed by atoms with Crippen molar-refractivity contribution < 1.29 is 22.0 Å². The summed E-state index contributed by atoms with van der Waals surface area (Å²) in [5.74, 6) is -2.95. The molecule has 10 heteroatoms. The van der Waals surface area contributed by atoms with Gasteiger partial charge in [-0.1, -0.05) is 11.6 Å². The fourth-order valence-corrected chi connectivity index (χ4v) is 4.64. The van der Waals surface area contributed by atoms with Gasteiger partial charge in [0.1, 0.15) is 11.5 Å². The van der Waals surface area contributed by atoms with Crippen LogP contribution in [0.3, 0.4) is 0 Å². The number of amides is 1. The first-order chi connectivity index (χ1) is 10.6. The van der Waals surface area contributed by atoms with Crippen molar-refractivity contribution >= 4 is 50.2 Å². The van der Waals surface area contributed by atoms with Gasteiger partial charge in [0.15, 0.2) is 10.0 Å². The van der Waals surface area contributed by atoms with Gasteiger partial charge in [0.2, 0.25) is 5.91 Å². The van der Waals surface area contributed by atoms with E-state index in [9.17, 15) is 22.0 Å². The van der Waals surface area contributed by atoms with Crippen molar-refractivity contribution in [2.75, 3.05) is 10.0 Å². The van der Waals surface area contributed by atoms with Crippen LogP contribution < -0.4 is 10.0 Å². The zero-order chi connectivity index (χ0) is 17.4. The second kappa shape index (κ2) is 6.42. The molecule has 2 N–H and O–H groups in total. The van der Waals surface area contributed by atoms with Crippen molar-refractivity contribution in [1.29, 1.82) is 0 Å². The Hall–Kier alpha value is -1.71. The SMILES string of the molecule is CC(=O)Nc1c(F)ccc(NS(=O)(=O)c2scc(C)c2Cl)c1F. The van der Waals surface area contributed by atoms with E-state index in [1.807, 2.05) is 10.0 Å². The standard InChI is InChI=1S/C13H11ClF2N2O3S2/c1-6-5-22-13(10(6)14)23(20,21)18-9-4-3-8(15)12(11(9)16)17-7(2)19/h3-5,18H,1-2H3,(H,17,19). The van der Waals surface area contributed by atoms with Gasteiger partial charge >= 0.3 is 0 Å². The molecule has 5 nitrogen and oxygen atoms in total. The summed E-state index contributed by atoms with van der Waals surface area (Å²) in [5, 5.41) is 3.55. The number of carbonyl (C=O) groups is 1. The molecule has 1 aromatic heterocycles. The maximum absolute atomic E-state index is 14.2. The number of carbonyl (C=O) groups excluding carboxylic acids is 1. The van der Waals surface area contributed by atoms with Gasteiger partial charge in [-0.25, -0.2) is 17.2 Å². The van der Waals surface area contributed by atoms with Crippen molar-refractivity contribution in [2.45, 2.75) is 18.1 Å². The van der Waals surface area contributed by atoms with Crippen LogP contribution >= 0.6 is 22.9 Å². The lowest BCUT2D eigenvalue weighted by molar-refractivity contribution is -0.114. The third-order valence-electron chi connectivity index (χ3n) is 2.75. The van der Waals surface area contributed by atoms with Gasteiger partial charge in [-0.3, -0.25) is 9.52 Å². The Morgan fingerprint density at radius 1 is 1.30 bits per heavy atom. The highest BCUT2D eigenvalue weighted by molar-refractivity contribution is 7.94. The summed E-state index contributed by atoms with van der Waals surface area (Å²) in [6.07, 6.45) is 0.